The molecule has 0 saturated heterocycles. The van der Waals surface area contributed by atoms with Gasteiger partial charge in [0.1, 0.15) is 0 Å². The number of allylic oxidation sites excluding steroid dienone is 2. The van der Waals surface area contributed by atoms with E-state index in [2.05, 4.69) is 13.2 Å². The second-order valence-corrected chi connectivity index (χ2v) is 6.81. The van der Waals surface area contributed by atoms with Crippen molar-refractivity contribution in [2.75, 3.05) is 12.3 Å². The minimum Gasteiger partial charge on any atom is -0.323 e. The predicted octanol–water partition coefficient (Wildman–Crippen LogP) is 3.92. The smallest absolute Gasteiger partial charge is 0.0990 e. The average molecular weight is 220 g/mol. The standard InChI is InChI=1S/C13H17OP/c1-3-10-15(14,11-4-2)12-13-8-6-5-7-9-13/h3-9H,1-2,10-12H2. The van der Waals surface area contributed by atoms with E-state index >= 15 is 0 Å². The molecule has 0 spiro atoms. The normalized spacial score (nSPS) is 10.9. The molecule has 1 aromatic rings. The molecule has 1 aromatic carbocycles. The zero-order valence-corrected chi connectivity index (χ0v) is 9.83. The van der Waals surface area contributed by atoms with Crippen LogP contribution >= 0.6 is 7.14 Å². The lowest BCUT2D eigenvalue weighted by molar-refractivity contribution is 0.578. The quantitative estimate of drug-likeness (QED) is 0.524. The van der Waals surface area contributed by atoms with Crippen LogP contribution in [0.3, 0.4) is 0 Å². The third kappa shape index (κ3) is 3.89. The van der Waals surface area contributed by atoms with Crippen molar-refractivity contribution in [2.45, 2.75) is 6.16 Å². The fourth-order valence-electron chi connectivity index (χ4n) is 1.59. The minimum absolute atomic E-state index is 0.591. The second kappa shape index (κ2) is 5.72. The van der Waals surface area contributed by atoms with Gasteiger partial charge < -0.3 is 4.57 Å². The van der Waals surface area contributed by atoms with Gasteiger partial charge in [0.15, 0.2) is 0 Å². The fraction of sp³-hybridized carbons (Fsp3) is 0.231. The summed E-state index contributed by atoms with van der Waals surface area (Å²) >= 11 is 0. The molecule has 1 nitrogen and oxygen atoms in total. The summed E-state index contributed by atoms with van der Waals surface area (Å²) in [6, 6.07) is 9.94. The van der Waals surface area contributed by atoms with Crippen molar-refractivity contribution < 1.29 is 4.57 Å². The molecule has 0 aromatic heterocycles. The van der Waals surface area contributed by atoms with E-state index in [9.17, 15) is 4.57 Å². The highest BCUT2D eigenvalue weighted by Gasteiger charge is 2.18. The SMILES string of the molecule is C=CCP(=O)(CC=C)Cc1ccccc1. The molecule has 0 aliphatic heterocycles. The number of rotatable bonds is 6. The molecular formula is C13H17OP. The molecule has 0 heterocycles. The Kier molecular flexibility index (Phi) is 4.58. The van der Waals surface area contributed by atoms with Gasteiger partial charge in [0, 0.05) is 18.5 Å². The maximum atomic E-state index is 12.4. The molecule has 0 aliphatic rings. The van der Waals surface area contributed by atoms with Gasteiger partial charge in [0.25, 0.3) is 0 Å². The van der Waals surface area contributed by atoms with Crippen molar-refractivity contribution in [1.82, 2.24) is 0 Å². The van der Waals surface area contributed by atoms with Crippen LogP contribution in [-0.2, 0) is 10.7 Å². The molecule has 0 radical (unpaired) electrons. The molecule has 1 rings (SSSR count). The summed E-state index contributed by atoms with van der Waals surface area (Å²) in [6.07, 6.45) is 5.31. The molecule has 0 amide bonds. The fourth-order valence-corrected chi connectivity index (χ4v) is 3.82. The summed E-state index contributed by atoms with van der Waals surface area (Å²) in [5.41, 5.74) is 1.13. The maximum Gasteiger partial charge on any atom is 0.0990 e. The number of hydrogen-bond acceptors (Lipinski definition) is 1. The minimum atomic E-state index is -2.18. The van der Waals surface area contributed by atoms with Gasteiger partial charge in [-0.2, -0.15) is 0 Å². The van der Waals surface area contributed by atoms with Crippen LogP contribution in [0.15, 0.2) is 55.6 Å². The molecule has 0 N–H and O–H groups in total. The van der Waals surface area contributed by atoms with E-state index in [4.69, 9.17) is 0 Å². The Labute approximate surface area is 91.9 Å². The monoisotopic (exact) mass is 220 g/mol. The Morgan fingerprint density at radius 2 is 1.60 bits per heavy atom. The first kappa shape index (κ1) is 12.0. The molecular weight excluding hydrogens is 203 g/mol. The van der Waals surface area contributed by atoms with E-state index in [0.29, 0.717) is 18.5 Å². The van der Waals surface area contributed by atoms with Gasteiger partial charge in [-0.1, -0.05) is 42.5 Å². The highest BCUT2D eigenvalue weighted by atomic mass is 31.2. The lowest BCUT2D eigenvalue weighted by Crippen LogP contribution is -1.95. The van der Waals surface area contributed by atoms with E-state index in [1.54, 1.807) is 12.2 Å². The van der Waals surface area contributed by atoms with Crippen LogP contribution in [0.4, 0.5) is 0 Å². The van der Waals surface area contributed by atoms with Gasteiger partial charge in [-0.05, 0) is 5.56 Å². The van der Waals surface area contributed by atoms with Crippen LogP contribution in [0.1, 0.15) is 5.56 Å². The van der Waals surface area contributed by atoms with Crippen molar-refractivity contribution in [1.29, 1.82) is 0 Å². The van der Waals surface area contributed by atoms with Crippen molar-refractivity contribution >= 4 is 7.14 Å². The summed E-state index contributed by atoms with van der Waals surface area (Å²) in [4.78, 5) is 0. The van der Waals surface area contributed by atoms with Crippen molar-refractivity contribution in [3.63, 3.8) is 0 Å². The lowest BCUT2D eigenvalue weighted by Gasteiger charge is -2.14. The molecule has 0 bridgehead atoms. The first-order chi connectivity index (χ1) is 7.20. The van der Waals surface area contributed by atoms with Gasteiger partial charge in [0.2, 0.25) is 0 Å². The van der Waals surface area contributed by atoms with Crippen molar-refractivity contribution in [2.24, 2.45) is 0 Å². The maximum absolute atomic E-state index is 12.4. The molecule has 0 unspecified atom stereocenters. The Hall–Kier alpha value is -1.07. The van der Waals surface area contributed by atoms with Gasteiger partial charge >= 0.3 is 0 Å². The van der Waals surface area contributed by atoms with Crippen LogP contribution in [0.5, 0.6) is 0 Å². The Morgan fingerprint density at radius 1 is 1.07 bits per heavy atom. The van der Waals surface area contributed by atoms with E-state index < -0.39 is 7.14 Å². The van der Waals surface area contributed by atoms with Gasteiger partial charge in [-0.25, -0.2) is 0 Å². The summed E-state index contributed by atoms with van der Waals surface area (Å²) in [5, 5.41) is 0. The number of hydrogen-bond donors (Lipinski definition) is 0. The zero-order valence-electron chi connectivity index (χ0n) is 8.93. The molecule has 80 valence electrons. The van der Waals surface area contributed by atoms with E-state index in [-0.39, 0.29) is 0 Å². The Morgan fingerprint density at radius 3 is 2.07 bits per heavy atom. The van der Waals surface area contributed by atoms with Crippen molar-refractivity contribution in [3.8, 4) is 0 Å². The Balaban J connectivity index is 2.79. The van der Waals surface area contributed by atoms with Gasteiger partial charge in [-0.3, -0.25) is 0 Å². The predicted molar refractivity (Wildman–Crippen MR) is 67.9 cm³/mol. The number of benzene rings is 1. The molecule has 0 saturated carbocycles. The van der Waals surface area contributed by atoms with Crippen LogP contribution in [0, 0.1) is 0 Å². The van der Waals surface area contributed by atoms with E-state index in [0.717, 1.165) is 5.56 Å². The topological polar surface area (TPSA) is 17.1 Å². The molecule has 0 fully saturated rings. The summed E-state index contributed by atoms with van der Waals surface area (Å²) in [7, 11) is -2.18. The summed E-state index contributed by atoms with van der Waals surface area (Å²) in [6.45, 7) is 7.33. The summed E-state index contributed by atoms with van der Waals surface area (Å²) in [5.74, 6) is 0. The lowest BCUT2D eigenvalue weighted by atomic mass is 10.2. The van der Waals surface area contributed by atoms with Gasteiger partial charge in [-0.15, -0.1) is 13.2 Å². The second-order valence-electron chi connectivity index (χ2n) is 3.64. The van der Waals surface area contributed by atoms with Crippen LogP contribution in [-0.4, -0.2) is 12.3 Å². The zero-order chi connectivity index (χ0) is 11.1. The third-order valence-electron chi connectivity index (χ3n) is 2.24. The molecule has 15 heavy (non-hydrogen) atoms. The van der Waals surface area contributed by atoms with Crippen LogP contribution in [0.25, 0.3) is 0 Å². The van der Waals surface area contributed by atoms with Crippen LogP contribution in [0.2, 0.25) is 0 Å². The summed E-state index contributed by atoms with van der Waals surface area (Å²) < 4.78 is 12.4. The first-order valence-corrected chi connectivity index (χ1v) is 7.29. The van der Waals surface area contributed by atoms with Crippen LogP contribution < -0.4 is 0 Å². The molecule has 0 aliphatic carbocycles. The largest absolute Gasteiger partial charge is 0.323 e. The molecule has 0 atom stereocenters. The highest BCUT2D eigenvalue weighted by molar-refractivity contribution is 7.63. The first-order valence-electron chi connectivity index (χ1n) is 5.03. The van der Waals surface area contributed by atoms with Crippen molar-refractivity contribution in [3.05, 3.63) is 61.2 Å². The van der Waals surface area contributed by atoms with E-state index in [1.165, 1.54) is 0 Å². The average Bonchev–Trinajstić information content (AvgIpc) is 2.19. The van der Waals surface area contributed by atoms with Gasteiger partial charge in [0.05, 0.1) is 7.14 Å². The van der Waals surface area contributed by atoms with E-state index in [1.807, 2.05) is 30.3 Å². The third-order valence-corrected chi connectivity index (χ3v) is 5.03. The molecule has 2 heteroatoms. The Bertz CT molecular complexity index is 353. The highest BCUT2D eigenvalue weighted by Crippen LogP contribution is 2.48.